The lowest BCUT2D eigenvalue weighted by Crippen LogP contribution is -2.15. The first-order valence-corrected chi connectivity index (χ1v) is 9.15. The lowest BCUT2D eigenvalue weighted by molar-refractivity contribution is 0.601. The van der Waals surface area contributed by atoms with Crippen LogP contribution in [0.5, 0.6) is 0 Å². The van der Waals surface area contributed by atoms with Gasteiger partial charge in [-0.2, -0.15) is 0 Å². The van der Waals surface area contributed by atoms with Gasteiger partial charge in [-0.15, -0.1) is 11.3 Å². The van der Waals surface area contributed by atoms with Gasteiger partial charge in [0, 0.05) is 28.5 Å². The van der Waals surface area contributed by atoms with Gasteiger partial charge in [0.1, 0.15) is 0 Å². The number of aryl methyl sites for hydroxylation is 1. The first-order chi connectivity index (χ1) is 10.0. The molecule has 2 aromatic rings. The second-order valence-electron chi connectivity index (χ2n) is 5.20. The summed E-state index contributed by atoms with van der Waals surface area (Å²) in [5, 5.41) is 5.05. The SMILES string of the molecule is Cc1ccc(NS(=O)(=O)c2csc(CNC3CC3)c2)cn1. The summed E-state index contributed by atoms with van der Waals surface area (Å²) in [6.07, 6.45) is 3.96. The minimum atomic E-state index is -3.54. The highest BCUT2D eigenvalue weighted by molar-refractivity contribution is 7.92. The summed E-state index contributed by atoms with van der Waals surface area (Å²) in [4.78, 5) is 5.42. The molecule has 0 bridgehead atoms. The third kappa shape index (κ3) is 3.81. The van der Waals surface area contributed by atoms with Crippen LogP contribution >= 0.6 is 11.3 Å². The van der Waals surface area contributed by atoms with Gasteiger partial charge in [0.15, 0.2) is 0 Å². The molecule has 2 N–H and O–H groups in total. The molecule has 0 saturated heterocycles. The van der Waals surface area contributed by atoms with Crippen molar-refractivity contribution in [2.75, 3.05) is 4.72 Å². The zero-order chi connectivity index (χ0) is 14.9. The third-order valence-electron chi connectivity index (χ3n) is 3.25. The normalized spacial score (nSPS) is 15.1. The molecule has 0 spiro atoms. The summed E-state index contributed by atoms with van der Waals surface area (Å²) in [5.41, 5.74) is 1.33. The van der Waals surface area contributed by atoms with Crippen molar-refractivity contribution >= 4 is 27.0 Å². The Morgan fingerprint density at radius 3 is 2.86 bits per heavy atom. The van der Waals surface area contributed by atoms with E-state index in [1.807, 2.05) is 6.92 Å². The molecule has 2 heterocycles. The molecule has 0 amide bonds. The zero-order valence-electron chi connectivity index (χ0n) is 11.7. The van der Waals surface area contributed by atoms with E-state index < -0.39 is 10.0 Å². The molecule has 2 aromatic heterocycles. The van der Waals surface area contributed by atoms with Gasteiger partial charge in [-0.05, 0) is 38.0 Å². The van der Waals surface area contributed by atoms with E-state index in [2.05, 4.69) is 15.0 Å². The highest BCUT2D eigenvalue weighted by Gasteiger charge is 2.21. The maximum absolute atomic E-state index is 12.3. The van der Waals surface area contributed by atoms with Crippen molar-refractivity contribution in [3.63, 3.8) is 0 Å². The number of aromatic nitrogens is 1. The number of nitrogens with one attached hydrogen (secondary N) is 2. The number of hydrogen-bond acceptors (Lipinski definition) is 5. The zero-order valence-corrected chi connectivity index (χ0v) is 13.3. The molecule has 1 fully saturated rings. The smallest absolute Gasteiger partial charge is 0.262 e. The fourth-order valence-electron chi connectivity index (χ4n) is 1.87. The van der Waals surface area contributed by atoms with E-state index in [9.17, 15) is 8.42 Å². The van der Waals surface area contributed by atoms with Gasteiger partial charge in [0.05, 0.1) is 16.8 Å². The van der Waals surface area contributed by atoms with Crippen molar-refractivity contribution in [1.29, 1.82) is 0 Å². The molecular weight excluding hydrogens is 306 g/mol. The van der Waals surface area contributed by atoms with Gasteiger partial charge in [0.2, 0.25) is 0 Å². The van der Waals surface area contributed by atoms with Crippen LogP contribution in [0.1, 0.15) is 23.4 Å². The summed E-state index contributed by atoms with van der Waals surface area (Å²) in [5.74, 6) is 0. The van der Waals surface area contributed by atoms with Gasteiger partial charge in [0.25, 0.3) is 10.0 Å². The Kier molecular flexibility index (Phi) is 3.97. The predicted octanol–water partition coefficient (Wildman–Crippen LogP) is 2.50. The van der Waals surface area contributed by atoms with Crippen molar-refractivity contribution in [2.45, 2.75) is 37.2 Å². The van der Waals surface area contributed by atoms with Crippen molar-refractivity contribution in [1.82, 2.24) is 10.3 Å². The highest BCUT2D eigenvalue weighted by atomic mass is 32.2. The highest BCUT2D eigenvalue weighted by Crippen LogP contribution is 2.24. The standard InChI is InChI=1S/C14H17N3O2S2/c1-10-2-3-12(7-15-10)17-21(18,19)14-6-13(20-9-14)8-16-11-4-5-11/h2-3,6-7,9,11,16-17H,4-5,8H2,1H3. The maximum Gasteiger partial charge on any atom is 0.262 e. The molecular formula is C14H17N3O2S2. The van der Waals surface area contributed by atoms with E-state index in [1.165, 1.54) is 30.4 Å². The number of nitrogens with zero attached hydrogens (tertiary/aromatic N) is 1. The van der Waals surface area contributed by atoms with E-state index in [1.54, 1.807) is 23.6 Å². The Hall–Kier alpha value is -1.44. The van der Waals surface area contributed by atoms with Crippen molar-refractivity contribution in [3.05, 3.63) is 40.3 Å². The van der Waals surface area contributed by atoms with E-state index in [4.69, 9.17) is 0 Å². The molecule has 0 atom stereocenters. The van der Waals surface area contributed by atoms with Crippen LogP contribution in [-0.4, -0.2) is 19.4 Å². The molecule has 1 saturated carbocycles. The van der Waals surface area contributed by atoms with Crippen LogP contribution in [0.2, 0.25) is 0 Å². The van der Waals surface area contributed by atoms with Gasteiger partial charge in [-0.1, -0.05) is 0 Å². The Bertz CT molecular complexity index is 719. The number of rotatable bonds is 6. The van der Waals surface area contributed by atoms with E-state index >= 15 is 0 Å². The topological polar surface area (TPSA) is 71.1 Å². The second-order valence-corrected chi connectivity index (χ2v) is 7.88. The molecule has 0 unspecified atom stereocenters. The van der Waals surface area contributed by atoms with E-state index in [0.29, 0.717) is 16.6 Å². The van der Waals surface area contributed by atoms with Crippen molar-refractivity contribution in [3.8, 4) is 0 Å². The Balaban J connectivity index is 1.69. The molecule has 0 radical (unpaired) electrons. The monoisotopic (exact) mass is 323 g/mol. The van der Waals surface area contributed by atoms with Crippen LogP contribution in [0.3, 0.4) is 0 Å². The van der Waals surface area contributed by atoms with Gasteiger partial charge in [-0.3, -0.25) is 9.71 Å². The lowest BCUT2D eigenvalue weighted by Gasteiger charge is -2.06. The molecule has 5 nitrogen and oxygen atoms in total. The maximum atomic E-state index is 12.3. The summed E-state index contributed by atoms with van der Waals surface area (Å²) < 4.78 is 27.1. The Morgan fingerprint density at radius 1 is 1.38 bits per heavy atom. The summed E-state index contributed by atoms with van der Waals surface area (Å²) in [6, 6.07) is 5.83. The predicted molar refractivity (Wildman–Crippen MR) is 84.0 cm³/mol. The first-order valence-electron chi connectivity index (χ1n) is 6.79. The molecule has 21 heavy (non-hydrogen) atoms. The number of thiophene rings is 1. The number of hydrogen-bond donors (Lipinski definition) is 2. The minimum Gasteiger partial charge on any atom is -0.309 e. The van der Waals surface area contributed by atoms with Crippen LogP contribution < -0.4 is 10.0 Å². The van der Waals surface area contributed by atoms with Crippen molar-refractivity contribution < 1.29 is 8.42 Å². The van der Waals surface area contributed by atoms with Crippen LogP contribution in [0, 0.1) is 6.92 Å². The fraction of sp³-hybridized carbons (Fsp3) is 0.357. The van der Waals surface area contributed by atoms with Crippen LogP contribution in [-0.2, 0) is 16.6 Å². The molecule has 7 heteroatoms. The fourth-order valence-corrected chi connectivity index (χ4v) is 4.14. The summed E-state index contributed by atoms with van der Waals surface area (Å²) in [7, 11) is -3.54. The molecule has 112 valence electrons. The average Bonchev–Trinajstić information content (AvgIpc) is 3.15. The van der Waals surface area contributed by atoms with E-state index in [0.717, 1.165) is 17.1 Å². The second kappa shape index (κ2) is 5.75. The molecule has 1 aliphatic rings. The van der Waals surface area contributed by atoms with Crippen LogP contribution in [0.25, 0.3) is 0 Å². The number of sulfonamides is 1. The largest absolute Gasteiger partial charge is 0.309 e. The van der Waals surface area contributed by atoms with Crippen molar-refractivity contribution in [2.24, 2.45) is 0 Å². The summed E-state index contributed by atoms with van der Waals surface area (Å²) in [6.45, 7) is 2.59. The van der Waals surface area contributed by atoms with E-state index in [-0.39, 0.29) is 0 Å². The molecule has 3 rings (SSSR count). The van der Waals surface area contributed by atoms with Crippen LogP contribution in [0.4, 0.5) is 5.69 Å². The molecule has 0 aliphatic heterocycles. The first kappa shape index (κ1) is 14.5. The lowest BCUT2D eigenvalue weighted by atomic mass is 10.4. The molecule has 0 aromatic carbocycles. The van der Waals surface area contributed by atoms with Gasteiger partial charge >= 0.3 is 0 Å². The van der Waals surface area contributed by atoms with Gasteiger partial charge < -0.3 is 5.32 Å². The quantitative estimate of drug-likeness (QED) is 0.857. The average molecular weight is 323 g/mol. The minimum absolute atomic E-state index is 0.306. The Morgan fingerprint density at radius 2 is 2.19 bits per heavy atom. The Labute approximate surface area is 128 Å². The van der Waals surface area contributed by atoms with Gasteiger partial charge in [-0.25, -0.2) is 8.42 Å². The number of anilines is 1. The summed E-state index contributed by atoms with van der Waals surface area (Å²) >= 11 is 1.46. The van der Waals surface area contributed by atoms with Crippen LogP contribution in [0.15, 0.2) is 34.7 Å². The third-order valence-corrected chi connectivity index (χ3v) is 5.69. The molecule has 1 aliphatic carbocycles. The number of pyridine rings is 1.